The molecule has 5 heteroatoms. The predicted molar refractivity (Wildman–Crippen MR) is 103 cm³/mol. The van der Waals surface area contributed by atoms with Gasteiger partial charge in [0.1, 0.15) is 0 Å². The molecule has 1 aromatic heterocycles. The Morgan fingerprint density at radius 1 is 1.17 bits per heavy atom. The minimum atomic E-state index is 0. The molecule has 3 nitrogen and oxygen atoms in total. The van der Waals surface area contributed by atoms with Gasteiger partial charge in [0.05, 0.1) is 5.52 Å². The predicted octanol–water partition coefficient (Wildman–Crippen LogP) is 3.99. The topological polar surface area (TPSA) is 28.2 Å². The fourth-order valence-corrected chi connectivity index (χ4v) is 3.21. The van der Waals surface area contributed by atoms with E-state index >= 15 is 0 Å². The minimum Gasteiger partial charge on any atom is -0.314 e. The van der Waals surface area contributed by atoms with Crippen LogP contribution in [0, 0.1) is 0 Å². The highest BCUT2D eigenvalue weighted by atomic mass is 35.5. The van der Waals surface area contributed by atoms with Gasteiger partial charge in [0.2, 0.25) is 0 Å². The summed E-state index contributed by atoms with van der Waals surface area (Å²) in [4.78, 5) is 7.10. The van der Waals surface area contributed by atoms with E-state index in [0.29, 0.717) is 6.04 Å². The molecule has 0 radical (unpaired) electrons. The van der Waals surface area contributed by atoms with Crippen molar-refractivity contribution in [1.82, 2.24) is 15.2 Å². The molecule has 0 bridgehead atoms. The molecule has 2 aromatic rings. The highest BCUT2D eigenvalue weighted by Crippen LogP contribution is 2.31. The van der Waals surface area contributed by atoms with E-state index in [1.54, 1.807) is 0 Å². The smallest absolute Gasteiger partial charge is 0.0705 e. The van der Waals surface area contributed by atoms with Crippen LogP contribution in [0.1, 0.15) is 24.4 Å². The number of para-hydroxylation sites is 1. The van der Waals surface area contributed by atoms with E-state index in [9.17, 15) is 0 Å². The van der Waals surface area contributed by atoms with Gasteiger partial charge in [-0.25, -0.2) is 0 Å². The average Bonchev–Trinajstić information content (AvgIpc) is 2.56. The van der Waals surface area contributed by atoms with E-state index in [0.717, 1.165) is 44.5 Å². The average molecular weight is 354 g/mol. The lowest BCUT2D eigenvalue weighted by molar-refractivity contribution is 0.167. The van der Waals surface area contributed by atoms with Crippen LogP contribution in [-0.2, 0) is 0 Å². The second kappa shape index (κ2) is 9.89. The Labute approximate surface area is 151 Å². The molecule has 0 saturated carbocycles. The summed E-state index contributed by atoms with van der Waals surface area (Å²) >= 11 is 0. The lowest BCUT2D eigenvalue weighted by atomic mass is 9.96. The maximum atomic E-state index is 4.50. The zero-order chi connectivity index (χ0) is 14.5. The van der Waals surface area contributed by atoms with Crippen LogP contribution < -0.4 is 5.32 Å². The van der Waals surface area contributed by atoms with Crippen LogP contribution in [0.2, 0.25) is 0 Å². The molecular weight excluding hydrogens is 329 g/mol. The zero-order valence-electron chi connectivity index (χ0n) is 13.3. The zero-order valence-corrected chi connectivity index (χ0v) is 14.9. The Hall–Kier alpha value is -1.13. The second-order valence-electron chi connectivity index (χ2n) is 5.59. The molecule has 1 atom stereocenters. The molecule has 0 unspecified atom stereocenters. The first-order chi connectivity index (χ1) is 10.4. The van der Waals surface area contributed by atoms with E-state index in [2.05, 4.69) is 52.1 Å². The van der Waals surface area contributed by atoms with Crippen LogP contribution in [0.3, 0.4) is 0 Å². The monoisotopic (exact) mass is 353 g/mol. The fraction of sp³-hybridized carbons (Fsp3) is 0.389. The van der Waals surface area contributed by atoms with E-state index < -0.39 is 0 Å². The number of benzene rings is 1. The van der Waals surface area contributed by atoms with Crippen molar-refractivity contribution < 1.29 is 0 Å². The van der Waals surface area contributed by atoms with Gasteiger partial charge in [-0.15, -0.1) is 31.4 Å². The number of allylic oxidation sites excluding steroid dienone is 1. The van der Waals surface area contributed by atoms with Crippen molar-refractivity contribution in [2.24, 2.45) is 0 Å². The van der Waals surface area contributed by atoms with Gasteiger partial charge >= 0.3 is 0 Å². The van der Waals surface area contributed by atoms with E-state index in [-0.39, 0.29) is 24.8 Å². The molecule has 1 N–H and O–H groups in total. The van der Waals surface area contributed by atoms with Crippen LogP contribution >= 0.6 is 24.8 Å². The molecule has 0 amide bonds. The number of rotatable bonds is 5. The maximum absolute atomic E-state index is 4.50. The summed E-state index contributed by atoms with van der Waals surface area (Å²) < 4.78 is 0. The number of hydrogen-bond acceptors (Lipinski definition) is 3. The Balaban J connectivity index is 0.00000132. The Morgan fingerprint density at radius 3 is 2.65 bits per heavy atom. The summed E-state index contributed by atoms with van der Waals surface area (Å²) in [7, 11) is 0. The van der Waals surface area contributed by atoms with Crippen molar-refractivity contribution in [2.75, 3.05) is 26.2 Å². The summed E-state index contributed by atoms with van der Waals surface area (Å²) in [6.45, 7) is 8.26. The van der Waals surface area contributed by atoms with Crippen LogP contribution in [-0.4, -0.2) is 36.1 Å². The first kappa shape index (κ1) is 19.9. The van der Waals surface area contributed by atoms with Gasteiger partial charge in [-0.2, -0.15) is 0 Å². The van der Waals surface area contributed by atoms with Gasteiger partial charge in [-0.1, -0.05) is 24.3 Å². The van der Waals surface area contributed by atoms with Crippen LogP contribution in [0.15, 0.2) is 49.2 Å². The van der Waals surface area contributed by atoms with Crippen molar-refractivity contribution in [1.29, 1.82) is 0 Å². The molecule has 126 valence electrons. The minimum absolute atomic E-state index is 0. The summed E-state index contributed by atoms with van der Waals surface area (Å²) in [5, 5.41) is 4.72. The Morgan fingerprint density at radius 2 is 1.91 bits per heavy atom. The van der Waals surface area contributed by atoms with Crippen molar-refractivity contribution >= 4 is 35.7 Å². The highest BCUT2D eigenvalue weighted by Gasteiger charge is 2.23. The van der Waals surface area contributed by atoms with Crippen LogP contribution in [0.25, 0.3) is 10.9 Å². The molecule has 1 saturated heterocycles. The number of halogens is 2. The normalized spacial score (nSPS) is 16.2. The number of nitrogens with zero attached hydrogens (tertiary/aromatic N) is 2. The third kappa shape index (κ3) is 4.67. The standard InChI is InChI=1S/C18H23N3.2ClH/c1-2-3-8-18(21-13-11-19-12-14-21)16-9-10-20-17-7-5-4-6-15(16)17;;/h2,4-7,9-10,18-19H,1,3,8,11-14H2;2*1H/t18-;;/m1../s1. The molecule has 1 fully saturated rings. The number of pyridine rings is 1. The quantitative estimate of drug-likeness (QED) is 0.823. The first-order valence-electron chi connectivity index (χ1n) is 7.79. The molecule has 0 spiro atoms. The molecule has 23 heavy (non-hydrogen) atoms. The van der Waals surface area contributed by atoms with Crippen molar-refractivity contribution in [2.45, 2.75) is 18.9 Å². The summed E-state index contributed by atoms with van der Waals surface area (Å²) in [5.41, 5.74) is 2.50. The SMILES string of the molecule is C=CCC[C@H](c1ccnc2ccccc12)N1CCNCC1.Cl.Cl. The number of fused-ring (bicyclic) bond motifs is 1. The number of aromatic nitrogens is 1. The molecule has 1 aliphatic heterocycles. The molecule has 3 rings (SSSR count). The first-order valence-corrected chi connectivity index (χ1v) is 7.79. The Bertz CT molecular complexity index is 607. The van der Waals surface area contributed by atoms with Crippen molar-refractivity contribution in [3.8, 4) is 0 Å². The van der Waals surface area contributed by atoms with Gasteiger partial charge in [-0.05, 0) is 30.5 Å². The number of nitrogens with one attached hydrogen (secondary N) is 1. The van der Waals surface area contributed by atoms with E-state index in [1.165, 1.54) is 10.9 Å². The summed E-state index contributed by atoms with van der Waals surface area (Å²) in [6, 6.07) is 11.1. The Kier molecular flexibility index (Phi) is 8.56. The maximum Gasteiger partial charge on any atom is 0.0705 e. The lowest BCUT2D eigenvalue weighted by Crippen LogP contribution is -2.45. The van der Waals surface area contributed by atoms with Crippen molar-refractivity contribution in [3.63, 3.8) is 0 Å². The second-order valence-corrected chi connectivity index (χ2v) is 5.59. The van der Waals surface area contributed by atoms with Crippen LogP contribution in [0.4, 0.5) is 0 Å². The molecule has 0 aliphatic carbocycles. The number of hydrogen-bond donors (Lipinski definition) is 1. The highest BCUT2D eigenvalue weighted by molar-refractivity contribution is 5.85. The van der Waals surface area contributed by atoms with Gasteiger partial charge in [0.25, 0.3) is 0 Å². The summed E-state index contributed by atoms with van der Waals surface area (Å²) in [6.07, 6.45) is 6.14. The molecular formula is C18H25Cl2N3. The fourth-order valence-electron chi connectivity index (χ4n) is 3.21. The third-order valence-corrected chi connectivity index (χ3v) is 4.28. The van der Waals surface area contributed by atoms with E-state index in [4.69, 9.17) is 0 Å². The van der Waals surface area contributed by atoms with Gasteiger partial charge in [0, 0.05) is 43.8 Å². The van der Waals surface area contributed by atoms with Gasteiger partial charge < -0.3 is 5.32 Å². The van der Waals surface area contributed by atoms with Crippen molar-refractivity contribution in [3.05, 3.63) is 54.7 Å². The third-order valence-electron chi connectivity index (χ3n) is 4.28. The molecule has 1 aromatic carbocycles. The lowest BCUT2D eigenvalue weighted by Gasteiger charge is -2.35. The molecule has 1 aliphatic rings. The summed E-state index contributed by atoms with van der Waals surface area (Å²) in [5.74, 6) is 0. The van der Waals surface area contributed by atoms with Crippen LogP contribution in [0.5, 0.6) is 0 Å². The van der Waals surface area contributed by atoms with E-state index in [1.807, 2.05) is 12.3 Å². The molecule has 2 heterocycles. The van der Waals surface area contributed by atoms with Gasteiger partial charge in [0.15, 0.2) is 0 Å². The number of piperazine rings is 1. The largest absolute Gasteiger partial charge is 0.314 e. The van der Waals surface area contributed by atoms with Gasteiger partial charge in [-0.3, -0.25) is 9.88 Å².